The van der Waals surface area contributed by atoms with Gasteiger partial charge in [-0.25, -0.2) is 8.42 Å². The summed E-state index contributed by atoms with van der Waals surface area (Å²) in [6, 6.07) is 11.1. The molecule has 30 heavy (non-hydrogen) atoms. The number of nitrogens with zero attached hydrogens (tertiary/aromatic N) is 3. The topological polar surface area (TPSA) is 72.4 Å². The monoisotopic (exact) mass is 437 g/mol. The zero-order chi connectivity index (χ0) is 21.4. The molecule has 6 nitrogen and oxygen atoms in total. The molecule has 1 aromatic heterocycles. The van der Waals surface area contributed by atoms with E-state index in [0.29, 0.717) is 18.7 Å². The van der Waals surface area contributed by atoms with Crippen molar-refractivity contribution in [2.24, 2.45) is 0 Å². The Morgan fingerprint density at radius 3 is 2.33 bits per heavy atom. The predicted octanol–water partition coefficient (Wildman–Crippen LogP) is 3.88. The highest BCUT2D eigenvalue weighted by molar-refractivity contribution is 7.89. The van der Waals surface area contributed by atoms with E-state index >= 15 is 0 Å². The maximum absolute atomic E-state index is 12.8. The summed E-state index contributed by atoms with van der Waals surface area (Å²) in [5, 5.41) is 9.70. The minimum atomic E-state index is -4.51. The molecule has 10 heteroatoms. The van der Waals surface area contributed by atoms with Crippen molar-refractivity contribution in [3.8, 4) is 5.88 Å². The molecule has 158 valence electrons. The lowest BCUT2D eigenvalue weighted by molar-refractivity contribution is -0.137. The summed E-state index contributed by atoms with van der Waals surface area (Å²) >= 11 is 0. The second-order valence-electron chi connectivity index (χ2n) is 6.98. The minimum Gasteiger partial charge on any atom is -0.473 e. The van der Waals surface area contributed by atoms with Crippen LogP contribution in [0, 0.1) is 0 Å². The van der Waals surface area contributed by atoms with E-state index in [1.165, 1.54) is 4.31 Å². The molecular weight excluding hydrogens is 419 g/mol. The number of rotatable bonds is 4. The van der Waals surface area contributed by atoms with Crippen LogP contribution < -0.4 is 4.74 Å². The molecular formula is C20H18F3N3O3S. The molecule has 4 rings (SSSR count). The van der Waals surface area contributed by atoms with Crippen LogP contribution in [0.2, 0.25) is 0 Å². The smallest absolute Gasteiger partial charge is 0.416 e. The van der Waals surface area contributed by atoms with Gasteiger partial charge in [0.1, 0.15) is 6.10 Å². The minimum absolute atomic E-state index is 0.158. The predicted molar refractivity (Wildman–Crippen MR) is 103 cm³/mol. The van der Waals surface area contributed by atoms with Crippen LogP contribution in [0.3, 0.4) is 0 Å². The van der Waals surface area contributed by atoms with Crippen molar-refractivity contribution in [2.45, 2.75) is 30.0 Å². The molecule has 1 saturated heterocycles. The van der Waals surface area contributed by atoms with E-state index in [-0.39, 0.29) is 24.1 Å². The third-order valence-electron chi connectivity index (χ3n) is 5.04. The number of hydrogen-bond acceptors (Lipinski definition) is 5. The number of benzene rings is 2. The zero-order valence-corrected chi connectivity index (χ0v) is 16.5. The lowest BCUT2D eigenvalue weighted by Crippen LogP contribution is -2.41. The Morgan fingerprint density at radius 2 is 1.67 bits per heavy atom. The fourth-order valence-electron chi connectivity index (χ4n) is 3.40. The van der Waals surface area contributed by atoms with Gasteiger partial charge in [0.2, 0.25) is 15.9 Å². The molecule has 0 saturated carbocycles. The van der Waals surface area contributed by atoms with E-state index in [9.17, 15) is 21.6 Å². The Bertz CT molecular complexity index is 1140. The third-order valence-corrected chi connectivity index (χ3v) is 6.95. The van der Waals surface area contributed by atoms with E-state index in [2.05, 4.69) is 10.2 Å². The van der Waals surface area contributed by atoms with Crippen LogP contribution in [0.4, 0.5) is 13.2 Å². The quantitative estimate of drug-likeness (QED) is 0.620. The SMILES string of the molecule is O=S(=O)(c1ccc(C(F)(F)F)cc1)N1CCC(Oc2nncc3ccccc23)CC1. The standard InChI is InChI=1S/C20H18F3N3O3S/c21-20(22,23)15-5-7-17(8-6-15)30(27,28)26-11-9-16(10-12-26)29-19-18-4-2-1-3-14(18)13-24-25-19/h1-8,13,16H,9-12H2. The molecule has 2 heterocycles. The summed E-state index contributed by atoms with van der Waals surface area (Å²) in [5.74, 6) is 0.400. The number of fused-ring (bicyclic) bond motifs is 1. The molecule has 0 atom stereocenters. The van der Waals surface area contributed by atoms with E-state index < -0.39 is 21.8 Å². The van der Waals surface area contributed by atoms with Crippen molar-refractivity contribution in [1.29, 1.82) is 0 Å². The number of aromatic nitrogens is 2. The molecule has 0 unspecified atom stereocenters. The molecule has 0 spiro atoms. The summed E-state index contributed by atoms with van der Waals surface area (Å²) in [5.41, 5.74) is -0.884. The number of piperidine rings is 1. The fourth-order valence-corrected chi connectivity index (χ4v) is 4.87. The van der Waals surface area contributed by atoms with Crippen molar-refractivity contribution in [3.05, 3.63) is 60.3 Å². The summed E-state index contributed by atoms with van der Waals surface area (Å²) in [6.45, 7) is 0.401. The maximum Gasteiger partial charge on any atom is 0.416 e. The molecule has 0 bridgehead atoms. The lowest BCUT2D eigenvalue weighted by atomic mass is 10.1. The van der Waals surface area contributed by atoms with Gasteiger partial charge in [0.15, 0.2) is 0 Å². The van der Waals surface area contributed by atoms with Gasteiger partial charge in [0, 0.05) is 23.9 Å². The highest BCUT2D eigenvalue weighted by Gasteiger charge is 2.33. The first-order chi connectivity index (χ1) is 14.2. The second kappa shape index (κ2) is 7.84. The lowest BCUT2D eigenvalue weighted by Gasteiger charge is -2.31. The van der Waals surface area contributed by atoms with Gasteiger partial charge in [-0.15, -0.1) is 5.10 Å². The van der Waals surface area contributed by atoms with Gasteiger partial charge in [0.25, 0.3) is 0 Å². The van der Waals surface area contributed by atoms with Crippen LogP contribution in [0.1, 0.15) is 18.4 Å². The van der Waals surface area contributed by atoms with Crippen LogP contribution in [0.25, 0.3) is 10.8 Å². The third kappa shape index (κ3) is 4.10. The summed E-state index contributed by atoms with van der Waals surface area (Å²) in [7, 11) is -3.87. The number of halogens is 3. The van der Waals surface area contributed by atoms with Crippen LogP contribution in [-0.2, 0) is 16.2 Å². The largest absolute Gasteiger partial charge is 0.473 e. The number of ether oxygens (including phenoxy) is 1. The fraction of sp³-hybridized carbons (Fsp3) is 0.300. The van der Waals surface area contributed by atoms with E-state index in [4.69, 9.17) is 4.74 Å². The first kappa shape index (κ1) is 20.5. The average Bonchev–Trinajstić information content (AvgIpc) is 2.74. The number of hydrogen-bond donors (Lipinski definition) is 0. The van der Waals surface area contributed by atoms with Crippen molar-refractivity contribution in [1.82, 2.24) is 14.5 Å². The summed E-state index contributed by atoms with van der Waals surface area (Å²) in [6.07, 6.45) is -2.23. The molecule has 0 N–H and O–H groups in total. The summed E-state index contributed by atoms with van der Waals surface area (Å²) < 4.78 is 70.9. The van der Waals surface area contributed by atoms with Gasteiger partial charge in [0.05, 0.1) is 16.7 Å². The van der Waals surface area contributed by atoms with Gasteiger partial charge in [-0.1, -0.05) is 18.2 Å². The van der Waals surface area contributed by atoms with Crippen LogP contribution in [-0.4, -0.2) is 42.1 Å². The summed E-state index contributed by atoms with van der Waals surface area (Å²) in [4.78, 5) is -0.158. The maximum atomic E-state index is 12.8. The Morgan fingerprint density at radius 1 is 1.00 bits per heavy atom. The Kier molecular flexibility index (Phi) is 5.37. The van der Waals surface area contributed by atoms with Gasteiger partial charge in [-0.2, -0.15) is 22.6 Å². The molecule has 0 amide bonds. The van der Waals surface area contributed by atoms with Crippen molar-refractivity contribution in [2.75, 3.05) is 13.1 Å². The van der Waals surface area contributed by atoms with E-state index in [1.54, 1.807) is 6.20 Å². The average molecular weight is 437 g/mol. The van der Waals surface area contributed by atoms with Crippen LogP contribution >= 0.6 is 0 Å². The van der Waals surface area contributed by atoms with Gasteiger partial charge < -0.3 is 4.74 Å². The van der Waals surface area contributed by atoms with Crippen LogP contribution in [0.15, 0.2) is 59.6 Å². The van der Waals surface area contributed by atoms with Gasteiger partial charge in [-0.3, -0.25) is 0 Å². The van der Waals surface area contributed by atoms with E-state index in [0.717, 1.165) is 35.0 Å². The Hall–Kier alpha value is -2.72. The van der Waals surface area contributed by atoms with Crippen molar-refractivity contribution < 1.29 is 26.3 Å². The van der Waals surface area contributed by atoms with Crippen molar-refractivity contribution >= 4 is 20.8 Å². The molecule has 1 aliphatic heterocycles. The molecule has 0 aliphatic carbocycles. The molecule has 0 radical (unpaired) electrons. The van der Waals surface area contributed by atoms with Gasteiger partial charge >= 0.3 is 6.18 Å². The zero-order valence-electron chi connectivity index (χ0n) is 15.7. The van der Waals surface area contributed by atoms with Crippen molar-refractivity contribution in [3.63, 3.8) is 0 Å². The molecule has 1 fully saturated rings. The normalized spacial score (nSPS) is 16.6. The van der Waals surface area contributed by atoms with Crippen LogP contribution in [0.5, 0.6) is 5.88 Å². The first-order valence-corrected chi connectivity index (χ1v) is 10.7. The second-order valence-corrected chi connectivity index (χ2v) is 8.92. The Balaban J connectivity index is 1.43. The highest BCUT2D eigenvalue weighted by Crippen LogP contribution is 2.31. The molecule has 3 aromatic rings. The highest BCUT2D eigenvalue weighted by atomic mass is 32.2. The van der Waals surface area contributed by atoms with E-state index in [1.807, 2.05) is 24.3 Å². The van der Waals surface area contributed by atoms with Gasteiger partial charge in [-0.05, 0) is 43.2 Å². The first-order valence-electron chi connectivity index (χ1n) is 9.29. The molecule has 1 aliphatic rings. The number of sulfonamides is 1. The number of alkyl halides is 3. The molecule has 2 aromatic carbocycles. The Labute approximate surface area is 171 Å².